The van der Waals surface area contributed by atoms with E-state index in [1.165, 1.54) is 12.1 Å². The topological polar surface area (TPSA) is 87.7 Å². The van der Waals surface area contributed by atoms with Crippen LogP contribution >= 0.6 is 15.9 Å². The molecule has 7 heteroatoms. The van der Waals surface area contributed by atoms with Gasteiger partial charge in [-0.3, -0.25) is 0 Å². The summed E-state index contributed by atoms with van der Waals surface area (Å²) in [7, 11) is 0. The van der Waals surface area contributed by atoms with Crippen molar-refractivity contribution in [3.05, 3.63) is 28.2 Å². The summed E-state index contributed by atoms with van der Waals surface area (Å²) in [6, 6.07) is 4.12. The van der Waals surface area contributed by atoms with Crippen LogP contribution in [0.5, 0.6) is 0 Å². The number of halogens is 1. The fraction of sp³-hybridized carbons (Fsp3) is 0.429. The van der Waals surface area contributed by atoms with Gasteiger partial charge in [-0.15, -0.1) is 0 Å². The molecule has 2 amide bonds. The molecule has 1 aliphatic rings. The number of amides is 2. The highest BCUT2D eigenvalue weighted by Gasteiger charge is 2.15. The standard InChI is InChI=1S/C14H17BrN2O4/c15-11-2-1-10(13(18)19)7-12(11)17-14(20)16-5-3-9-4-6-21-8-9/h1-2,7,9H,3-6,8H2,(H,18,19)(H2,16,17,20). The van der Waals surface area contributed by atoms with Crippen LogP contribution in [0.2, 0.25) is 0 Å². The van der Waals surface area contributed by atoms with Gasteiger partial charge in [0, 0.05) is 24.2 Å². The molecule has 0 radical (unpaired) electrons. The molecule has 1 unspecified atom stereocenters. The highest BCUT2D eigenvalue weighted by atomic mass is 79.9. The molecule has 1 saturated heterocycles. The molecule has 0 bridgehead atoms. The van der Waals surface area contributed by atoms with E-state index in [1.54, 1.807) is 6.07 Å². The molecular weight excluding hydrogens is 340 g/mol. The number of carboxylic acids is 1. The number of carbonyl (C=O) groups is 2. The van der Waals surface area contributed by atoms with Crippen LogP contribution in [0.15, 0.2) is 22.7 Å². The molecule has 0 aliphatic carbocycles. The molecule has 1 heterocycles. The second kappa shape index (κ2) is 7.42. The Morgan fingerprint density at radius 3 is 2.90 bits per heavy atom. The first-order valence-electron chi connectivity index (χ1n) is 6.71. The molecule has 3 N–H and O–H groups in total. The number of nitrogens with one attached hydrogen (secondary N) is 2. The smallest absolute Gasteiger partial charge is 0.335 e. The average Bonchev–Trinajstić information content (AvgIpc) is 2.94. The Morgan fingerprint density at radius 1 is 1.43 bits per heavy atom. The number of ether oxygens (including phenoxy) is 1. The minimum atomic E-state index is -1.04. The highest BCUT2D eigenvalue weighted by molar-refractivity contribution is 9.10. The average molecular weight is 357 g/mol. The molecule has 0 spiro atoms. The fourth-order valence-corrected chi connectivity index (χ4v) is 2.47. The van der Waals surface area contributed by atoms with Crippen molar-refractivity contribution in [3.63, 3.8) is 0 Å². The molecule has 1 aliphatic heterocycles. The second-order valence-electron chi connectivity index (χ2n) is 4.90. The first kappa shape index (κ1) is 15.8. The number of aromatic carboxylic acids is 1. The summed E-state index contributed by atoms with van der Waals surface area (Å²) in [5.41, 5.74) is 0.549. The molecule has 114 valence electrons. The minimum absolute atomic E-state index is 0.122. The van der Waals surface area contributed by atoms with E-state index in [-0.39, 0.29) is 11.6 Å². The number of hydrogen-bond acceptors (Lipinski definition) is 3. The van der Waals surface area contributed by atoms with Crippen LogP contribution in [0, 0.1) is 5.92 Å². The summed E-state index contributed by atoms with van der Waals surface area (Å²) in [5, 5.41) is 14.3. The number of anilines is 1. The van der Waals surface area contributed by atoms with Crippen LogP contribution in [0.4, 0.5) is 10.5 Å². The Kier molecular flexibility index (Phi) is 5.58. The van der Waals surface area contributed by atoms with Gasteiger partial charge in [-0.2, -0.15) is 0 Å². The molecule has 0 saturated carbocycles. The Bertz CT molecular complexity index is 530. The highest BCUT2D eigenvalue weighted by Crippen LogP contribution is 2.23. The molecule has 1 atom stereocenters. The van der Waals surface area contributed by atoms with E-state index >= 15 is 0 Å². The van der Waals surface area contributed by atoms with E-state index in [2.05, 4.69) is 26.6 Å². The van der Waals surface area contributed by atoms with Crippen LogP contribution in [0.1, 0.15) is 23.2 Å². The predicted octanol–water partition coefficient (Wildman–Crippen LogP) is 2.70. The number of hydrogen-bond donors (Lipinski definition) is 3. The summed E-state index contributed by atoms with van der Waals surface area (Å²) < 4.78 is 5.90. The normalized spacial score (nSPS) is 17.5. The summed E-state index contributed by atoms with van der Waals surface area (Å²) >= 11 is 3.28. The van der Waals surface area contributed by atoms with Gasteiger partial charge in [0.15, 0.2) is 0 Å². The van der Waals surface area contributed by atoms with E-state index in [9.17, 15) is 9.59 Å². The summed E-state index contributed by atoms with van der Waals surface area (Å²) in [5.74, 6) is -0.528. The molecule has 21 heavy (non-hydrogen) atoms. The lowest BCUT2D eigenvalue weighted by Crippen LogP contribution is -2.30. The zero-order valence-corrected chi connectivity index (χ0v) is 13.0. The number of urea groups is 1. The maximum atomic E-state index is 11.8. The van der Waals surface area contributed by atoms with Gasteiger partial charge in [-0.05, 0) is 52.9 Å². The molecule has 1 fully saturated rings. The zero-order valence-electron chi connectivity index (χ0n) is 11.4. The maximum Gasteiger partial charge on any atom is 0.335 e. The second-order valence-corrected chi connectivity index (χ2v) is 5.75. The van der Waals surface area contributed by atoms with E-state index in [1.807, 2.05) is 0 Å². The third-order valence-electron chi connectivity index (χ3n) is 3.32. The van der Waals surface area contributed by atoms with Gasteiger partial charge in [0.25, 0.3) is 0 Å². The van der Waals surface area contributed by atoms with Crippen molar-refractivity contribution in [3.8, 4) is 0 Å². The number of rotatable bonds is 5. The van der Waals surface area contributed by atoms with Crippen LogP contribution in [-0.4, -0.2) is 36.9 Å². The predicted molar refractivity (Wildman–Crippen MR) is 81.7 cm³/mol. The van der Waals surface area contributed by atoms with Gasteiger partial charge in [-0.25, -0.2) is 9.59 Å². The van der Waals surface area contributed by atoms with Crippen molar-refractivity contribution in [2.45, 2.75) is 12.8 Å². The summed E-state index contributed by atoms with van der Waals surface area (Å²) in [6.45, 7) is 2.12. The van der Waals surface area contributed by atoms with Crippen LogP contribution in [0.3, 0.4) is 0 Å². The lowest BCUT2D eigenvalue weighted by Gasteiger charge is -2.11. The molecular formula is C14H17BrN2O4. The van der Waals surface area contributed by atoms with Gasteiger partial charge in [0.05, 0.1) is 11.3 Å². The Morgan fingerprint density at radius 2 is 2.24 bits per heavy atom. The lowest BCUT2D eigenvalue weighted by atomic mass is 10.1. The summed E-state index contributed by atoms with van der Waals surface area (Å²) in [4.78, 5) is 22.7. The molecule has 2 rings (SSSR count). The van der Waals surface area contributed by atoms with Crippen molar-refractivity contribution < 1.29 is 19.4 Å². The molecule has 6 nitrogen and oxygen atoms in total. The van der Waals surface area contributed by atoms with Crippen molar-refractivity contribution in [2.75, 3.05) is 25.1 Å². The first-order chi connectivity index (χ1) is 10.1. The number of benzene rings is 1. The van der Waals surface area contributed by atoms with E-state index in [4.69, 9.17) is 9.84 Å². The van der Waals surface area contributed by atoms with Gasteiger partial charge < -0.3 is 20.5 Å². The van der Waals surface area contributed by atoms with E-state index in [0.717, 1.165) is 26.1 Å². The third-order valence-corrected chi connectivity index (χ3v) is 4.02. The van der Waals surface area contributed by atoms with Crippen molar-refractivity contribution >= 4 is 33.6 Å². The van der Waals surface area contributed by atoms with Gasteiger partial charge in [-0.1, -0.05) is 0 Å². The van der Waals surface area contributed by atoms with Crippen LogP contribution < -0.4 is 10.6 Å². The first-order valence-corrected chi connectivity index (χ1v) is 7.51. The van der Waals surface area contributed by atoms with Gasteiger partial charge in [0.2, 0.25) is 0 Å². The molecule has 0 aromatic heterocycles. The Labute approximate surface area is 131 Å². The maximum absolute atomic E-state index is 11.8. The SMILES string of the molecule is O=C(NCCC1CCOC1)Nc1cc(C(=O)O)ccc1Br. The quantitative estimate of drug-likeness (QED) is 0.756. The number of carboxylic acid groups (broad SMARTS) is 1. The van der Waals surface area contributed by atoms with Crippen molar-refractivity contribution in [1.29, 1.82) is 0 Å². The third kappa shape index (κ3) is 4.71. The number of carbonyl (C=O) groups excluding carboxylic acids is 1. The van der Waals surface area contributed by atoms with Crippen molar-refractivity contribution in [2.24, 2.45) is 5.92 Å². The fourth-order valence-electron chi connectivity index (χ4n) is 2.12. The lowest BCUT2D eigenvalue weighted by molar-refractivity contribution is 0.0697. The van der Waals surface area contributed by atoms with E-state index in [0.29, 0.717) is 22.6 Å². The van der Waals surface area contributed by atoms with Crippen LogP contribution in [0.25, 0.3) is 0 Å². The van der Waals surface area contributed by atoms with E-state index < -0.39 is 5.97 Å². The van der Waals surface area contributed by atoms with Gasteiger partial charge >= 0.3 is 12.0 Å². The Hall–Kier alpha value is -1.60. The molecule has 1 aromatic rings. The monoisotopic (exact) mass is 356 g/mol. The Balaban J connectivity index is 1.84. The zero-order chi connectivity index (χ0) is 15.2. The van der Waals surface area contributed by atoms with Crippen molar-refractivity contribution in [1.82, 2.24) is 5.32 Å². The molecule has 1 aromatic carbocycles. The largest absolute Gasteiger partial charge is 0.478 e. The summed E-state index contributed by atoms with van der Waals surface area (Å²) in [6.07, 6.45) is 1.92. The minimum Gasteiger partial charge on any atom is -0.478 e. The van der Waals surface area contributed by atoms with Gasteiger partial charge in [0.1, 0.15) is 0 Å². The van der Waals surface area contributed by atoms with Crippen LogP contribution in [-0.2, 0) is 4.74 Å².